The van der Waals surface area contributed by atoms with Crippen molar-refractivity contribution in [2.45, 2.75) is 38.6 Å². The van der Waals surface area contributed by atoms with Crippen LogP contribution in [0.15, 0.2) is 126 Å². The molecule has 1 heterocycles. The second-order valence-electron chi connectivity index (χ2n) is 11.3. The first-order valence-electron chi connectivity index (χ1n) is 15.9. The maximum atomic E-state index is 14.2. The first-order chi connectivity index (χ1) is 23.9. The van der Waals surface area contributed by atoms with Gasteiger partial charge in [-0.05, 0) is 46.9 Å². The number of carbonyl (C=O) groups excluding carboxylic acids is 3. The number of benzene rings is 4. The van der Waals surface area contributed by atoms with E-state index in [-0.39, 0.29) is 32.0 Å². The fourth-order valence-corrected chi connectivity index (χ4v) is 5.56. The Hall–Kier alpha value is -5.42. The predicted octanol–water partition coefficient (Wildman–Crippen LogP) is 5.98. The Labute approximate surface area is 294 Å². The fraction of sp³-hybridized carbons (Fsp3) is 0.211. The third-order valence-electron chi connectivity index (χ3n) is 7.65. The number of aromatic nitrogens is 2. The first-order valence-corrected chi connectivity index (χ1v) is 16.7. The Kier molecular flexibility index (Phi) is 13.0. The highest BCUT2D eigenvalue weighted by atomic mass is 79.9. The van der Waals surface area contributed by atoms with Gasteiger partial charge in [0.1, 0.15) is 25.0 Å². The van der Waals surface area contributed by atoms with E-state index in [1.165, 1.54) is 11.2 Å². The number of halogens is 1. The van der Waals surface area contributed by atoms with E-state index >= 15 is 0 Å². The first kappa shape index (κ1) is 34.9. The molecule has 3 N–H and O–H groups in total. The molecule has 5 rings (SSSR count). The van der Waals surface area contributed by atoms with Crippen LogP contribution >= 0.6 is 15.9 Å². The molecular weight excluding hydrogens is 686 g/mol. The van der Waals surface area contributed by atoms with E-state index in [4.69, 9.17) is 9.47 Å². The minimum Gasteiger partial charge on any atom is -0.489 e. The minimum absolute atomic E-state index is 0.0416. The van der Waals surface area contributed by atoms with Crippen molar-refractivity contribution in [2.24, 2.45) is 0 Å². The van der Waals surface area contributed by atoms with Crippen LogP contribution < -0.4 is 15.4 Å². The smallest absolute Gasteiger partial charge is 0.408 e. The molecule has 0 radical (unpaired) electrons. The lowest BCUT2D eigenvalue weighted by Gasteiger charge is -2.27. The molecule has 0 fully saturated rings. The Morgan fingerprint density at radius 2 is 1.49 bits per heavy atom. The zero-order chi connectivity index (χ0) is 34.3. The van der Waals surface area contributed by atoms with Crippen molar-refractivity contribution in [1.82, 2.24) is 25.5 Å². The number of ether oxygens (including phenoxy) is 2. The van der Waals surface area contributed by atoms with Gasteiger partial charge < -0.3 is 30.0 Å². The third kappa shape index (κ3) is 11.4. The summed E-state index contributed by atoms with van der Waals surface area (Å²) in [7, 11) is 0. The lowest BCUT2D eigenvalue weighted by atomic mass is 10.1. The van der Waals surface area contributed by atoms with Gasteiger partial charge in [-0.2, -0.15) is 0 Å². The molecule has 5 aromatic rings. The van der Waals surface area contributed by atoms with Crippen LogP contribution in [0.3, 0.4) is 0 Å². The molecule has 0 aliphatic heterocycles. The Morgan fingerprint density at radius 3 is 2.16 bits per heavy atom. The lowest BCUT2D eigenvalue weighted by Crippen LogP contribution is -2.52. The third-order valence-corrected chi connectivity index (χ3v) is 8.42. The van der Waals surface area contributed by atoms with Crippen molar-refractivity contribution in [1.29, 1.82) is 0 Å². The van der Waals surface area contributed by atoms with E-state index < -0.39 is 18.0 Å². The van der Waals surface area contributed by atoms with E-state index in [9.17, 15) is 14.4 Å². The maximum Gasteiger partial charge on any atom is 0.408 e. The molecule has 1 atom stereocenters. The number of hydrogen-bond acceptors (Lipinski definition) is 6. The molecule has 0 aliphatic carbocycles. The van der Waals surface area contributed by atoms with Crippen molar-refractivity contribution in [3.8, 4) is 5.75 Å². The van der Waals surface area contributed by atoms with Gasteiger partial charge in [0, 0.05) is 35.9 Å². The molecule has 3 amide bonds. The highest BCUT2D eigenvalue weighted by Gasteiger charge is 2.29. The number of alkyl carbamates (subject to hydrolysis) is 1. The van der Waals surface area contributed by atoms with Crippen LogP contribution in [-0.4, -0.2) is 51.9 Å². The van der Waals surface area contributed by atoms with Gasteiger partial charge in [-0.25, -0.2) is 9.78 Å². The number of nitrogens with one attached hydrogen (secondary N) is 3. The molecule has 252 valence electrons. The highest BCUT2D eigenvalue weighted by molar-refractivity contribution is 9.10. The van der Waals surface area contributed by atoms with E-state index in [1.54, 1.807) is 6.20 Å². The molecule has 0 saturated heterocycles. The van der Waals surface area contributed by atoms with Crippen molar-refractivity contribution in [3.63, 3.8) is 0 Å². The summed E-state index contributed by atoms with van der Waals surface area (Å²) in [5.74, 6) is -0.0953. The molecule has 1 aromatic heterocycles. The fourth-order valence-electron chi connectivity index (χ4n) is 5.07. The molecule has 11 heteroatoms. The van der Waals surface area contributed by atoms with E-state index in [2.05, 4.69) is 36.5 Å². The summed E-state index contributed by atoms with van der Waals surface area (Å²) >= 11 is 3.54. The summed E-state index contributed by atoms with van der Waals surface area (Å²) in [6.45, 7) is 0.751. The Balaban J connectivity index is 1.28. The molecular formula is C38H38BrN5O5. The SMILES string of the molecule is O=C(CN(Cc1ccc(OCc2ccccc2)cc1)C(=O)[C@H](Cc1cnc[nH]1)NC(=O)OCc1ccccc1)NCCc1ccccc1Br. The number of carbonyl (C=O) groups is 3. The average Bonchev–Trinajstić information content (AvgIpc) is 3.64. The Bertz CT molecular complexity index is 1770. The number of H-pyrrole nitrogens is 1. The zero-order valence-electron chi connectivity index (χ0n) is 26.9. The summed E-state index contributed by atoms with van der Waals surface area (Å²) in [6.07, 6.45) is 3.07. The van der Waals surface area contributed by atoms with Gasteiger partial charge in [0.25, 0.3) is 0 Å². The average molecular weight is 725 g/mol. The quantitative estimate of drug-likeness (QED) is 0.115. The van der Waals surface area contributed by atoms with Crippen LogP contribution in [0.5, 0.6) is 5.75 Å². The summed E-state index contributed by atoms with van der Waals surface area (Å²) in [5.41, 5.74) is 4.34. The number of aromatic amines is 1. The van der Waals surface area contributed by atoms with E-state index in [1.807, 2.05) is 109 Å². The molecule has 0 spiro atoms. The van der Waals surface area contributed by atoms with Crippen molar-refractivity contribution in [3.05, 3.63) is 154 Å². The van der Waals surface area contributed by atoms with Crippen LogP contribution in [0.4, 0.5) is 4.79 Å². The summed E-state index contributed by atoms with van der Waals surface area (Å²) < 4.78 is 12.3. The monoisotopic (exact) mass is 723 g/mol. The minimum atomic E-state index is -1.04. The molecule has 0 aliphatic rings. The lowest BCUT2D eigenvalue weighted by molar-refractivity contribution is -0.138. The molecule has 0 bridgehead atoms. The second kappa shape index (κ2) is 18.2. The number of rotatable bonds is 16. The number of nitrogens with zero attached hydrogens (tertiary/aromatic N) is 2. The number of imidazole rings is 1. The van der Waals surface area contributed by atoms with Crippen LogP contribution in [0.2, 0.25) is 0 Å². The number of hydrogen-bond donors (Lipinski definition) is 3. The predicted molar refractivity (Wildman–Crippen MR) is 189 cm³/mol. The maximum absolute atomic E-state index is 14.2. The van der Waals surface area contributed by atoms with Crippen molar-refractivity contribution < 1.29 is 23.9 Å². The van der Waals surface area contributed by atoms with Crippen LogP contribution in [0, 0.1) is 0 Å². The van der Waals surface area contributed by atoms with Gasteiger partial charge in [0.15, 0.2) is 0 Å². The highest BCUT2D eigenvalue weighted by Crippen LogP contribution is 2.18. The van der Waals surface area contributed by atoms with Gasteiger partial charge in [0.2, 0.25) is 11.8 Å². The van der Waals surface area contributed by atoms with Crippen LogP contribution in [0.25, 0.3) is 0 Å². The second-order valence-corrected chi connectivity index (χ2v) is 12.2. The van der Waals surface area contributed by atoms with Gasteiger partial charge in [0.05, 0.1) is 12.9 Å². The van der Waals surface area contributed by atoms with Crippen molar-refractivity contribution in [2.75, 3.05) is 13.1 Å². The molecule has 49 heavy (non-hydrogen) atoms. The van der Waals surface area contributed by atoms with E-state index in [0.29, 0.717) is 31.0 Å². The van der Waals surface area contributed by atoms with E-state index in [0.717, 1.165) is 26.7 Å². The van der Waals surface area contributed by atoms with Gasteiger partial charge in [-0.15, -0.1) is 0 Å². The molecule has 0 saturated carbocycles. The molecule has 10 nitrogen and oxygen atoms in total. The molecule has 0 unspecified atom stereocenters. The summed E-state index contributed by atoms with van der Waals surface area (Å²) in [4.78, 5) is 48.9. The largest absolute Gasteiger partial charge is 0.489 e. The zero-order valence-corrected chi connectivity index (χ0v) is 28.5. The van der Waals surface area contributed by atoms with Gasteiger partial charge in [-0.3, -0.25) is 9.59 Å². The van der Waals surface area contributed by atoms with Crippen LogP contribution in [-0.2, 0) is 46.9 Å². The topological polar surface area (TPSA) is 126 Å². The van der Waals surface area contributed by atoms with Crippen LogP contribution in [0.1, 0.15) is 27.9 Å². The van der Waals surface area contributed by atoms with Gasteiger partial charge >= 0.3 is 6.09 Å². The molecule has 4 aromatic carbocycles. The standard InChI is InChI=1S/C38H38BrN5O5/c39-34-14-8-7-13-31(34)19-20-41-36(45)24-44(23-28-15-17-33(18-16-28)48-25-29-9-3-1-4-10-29)37(46)35(21-32-22-40-27-42-32)43-38(47)49-26-30-11-5-2-6-12-30/h1-18,22,27,35H,19-21,23-26H2,(H,40,42)(H,41,45)(H,43,47)/t35-/m0/s1. The Morgan fingerprint density at radius 1 is 0.816 bits per heavy atom. The summed E-state index contributed by atoms with van der Waals surface area (Å²) in [5, 5.41) is 5.65. The van der Waals surface area contributed by atoms with Gasteiger partial charge in [-0.1, -0.05) is 107 Å². The number of amides is 3. The normalized spacial score (nSPS) is 11.3. The summed E-state index contributed by atoms with van der Waals surface area (Å²) in [6, 6.07) is 33.3. The van der Waals surface area contributed by atoms with Crippen molar-refractivity contribution >= 4 is 33.8 Å².